The number of rotatable bonds is 6. The van der Waals surface area contributed by atoms with Gasteiger partial charge in [0.1, 0.15) is 15.8 Å². The van der Waals surface area contributed by atoms with Crippen LogP contribution in [0.2, 0.25) is 0 Å². The Hall–Kier alpha value is -1.41. The number of carbonyl (C=O) groups excluding carboxylic acids is 1. The van der Waals surface area contributed by atoms with Crippen LogP contribution in [0.15, 0.2) is 14.7 Å². The summed E-state index contributed by atoms with van der Waals surface area (Å²) in [5.74, 6) is -0.00710. The molecule has 0 aromatic carbocycles. The Morgan fingerprint density at radius 2 is 2.24 bits per heavy atom. The maximum absolute atomic E-state index is 12.1. The van der Waals surface area contributed by atoms with Crippen LogP contribution in [0.4, 0.5) is 0 Å². The molecule has 1 aromatic heterocycles. The zero-order valence-electron chi connectivity index (χ0n) is 10.6. The second-order valence-corrected chi connectivity index (χ2v) is 7.71. The smallest absolute Gasteiger partial charge is 0.348 e. The van der Waals surface area contributed by atoms with Crippen molar-refractivity contribution >= 4 is 49.2 Å². The molecule has 0 bridgehead atoms. The summed E-state index contributed by atoms with van der Waals surface area (Å²) in [4.78, 5) is 22.1. The number of hydrogen-bond donors (Lipinski definition) is 2. The summed E-state index contributed by atoms with van der Waals surface area (Å²) in [7, 11) is -2.99. The van der Waals surface area contributed by atoms with Crippen molar-refractivity contribution in [2.45, 2.75) is 17.4 Å². The third-order valence-electron chi connectivity index (χ3n) is 2.25. The van der Waals surface area contributed by atoms with Crippen LogP contribution < -0.4 is 4.72 Å². The molecule has 1 heterocycles. The number of halogens is 1. The van der Waals surface area contributed by atoms with Gasteiger partial charge in [-0.15, -0.1) is 23.7 Å². The average Bonchev–Trinajstić information content (AvgIpc) is 2.80. The van der Waals surface area contributed by atoms with E-state index in [4.69, 9.17) is 11.5 Å². The minimum atomic E-state index is -4.15. The molecule has 2 N–H and O–H groups in total. The van der Waals surface area contributed by atoms with Crippen molar-refractivity contribution in [1.29, 1.82) is 0 Å². The van der Waals surface area contributed by atoms with Crippen molar-refractivity contribution in [2.75, 3.05) is 7.11 Å². The first kappa shape index (κ1) is 17.6. The van der Waals surface area contributed by atoms with E-state index < -0.39 is 28.0 Å². The van der Waals surface area contributed by atoms with Gasteiger partial charge in [-0.05, 0) is 22.0 Å². The quantitative estimate of drug-likeness (QED) is 0.550. The van der Waals surface area contributed by atoms with Crippen molar-refractivity contribution in [3.63, 3.8) is 0 Å². The largest absolute Gasteiger partial charge is 0.480 e. The number of thiophene rings is 1. The lowest BCUT2D eigenvalue weighted by Gasteiger charge is -2.11. The van der Waals surface area contributed by atoms with Crippen LogP contribution in [-0.2, 0) is 19.6 Å². The minimum Gasteiger partial charge on any atom is -0.480 e. The van der Waals surface area contributed by atoms with Gasteiger partial charge < -0.3 is 9.84 Å². The van der Waals surface area contributed by atoms with Gasteiger partial charge in [0.25, 0.3) is 0 Å². The standard InChI is InChI=1S/C11H10BrNO6S2/c1-3-4-6(10(14)15)13-21(17,18)8-5-7(11(16)19-2)20-9(8)12/h1,5-6,13H,4H2,2H3,(H,14,15). The van der Waals surface area contributed by atoms with Crippen molar-refractivity contribution in [2.24, 2.45) is 0 Å². The van der Waals surface area contributed by atoms with E-state index in [-0.39, 0.29) is 20.0 Å². The zero-order chi connectivity index (χ0) is 16.2. The van der Waals surface area contributed by atoms with Gasteiger partial charge in [-0.25, -0.2) is 13.2 Å². The van der Waals surface area contributed by atoms with E-state index in [9.17, 15) is 18.0 Å². The van der Waals surface area contributed by atoms with Gasteiger partial charge >= 0.3 is 11.9 Å². The van der Waals surface area contributed by atoms with Gasteiger partial charge in [-0.1, -0.05) is 0 Å². The summed E-state index contributed by atoms with van der Waals surface area (Å²) >= 11 is 3.88. The molecule has 1 unspecified atom stereocenters. The lowest BCUT2D eigenvalue weighted by molar-refractivity contribution is -0.138. The molecule has 10 heteroatoms. The lowest BCUT2D eigenvalue weighted by atomic mass is 10.2. The number of carboxylic acids is 1. The van der Waals surface area contributed by atoms with E-state index in [1.807, 2.05) is 4.72 Å². The summed E-state index contributed by atoms with van der Waals surface area (Å²) in [6, 6.07) is -0.356. The molecular weight excluding hydrogens is 386 g/mol. The molecule has 0 radical (unpaired) electrons. The number of ether oxygens (including phenoxy) is 1. The first-order valence-corrected chi connectivity index (χ1v) is 8.38. The van der Waals surface area contributed by atoms with Gasteiger partial charge in [0.15, 0.2) is 0 Å². The maximum Gasteiger partial charge on any atom is 0.348 e. The molecule has 114 valence electrons. The van der Waals surface area contributed by atoms with Gasteiger partial charge in [0.05, 0.1) is 10.9 Å². The van der Waals surface area contributed by atoms with Crippen molar-refractivity contribution in [1.82, 2.24) is 4.72 Å². The first-order valence-electron chi connectivity index (χ1n) is 5.29. The summed E-state index contributed by atoms with van der Waals surface area (Å²) in [6.07, 6.45) is 4.69. The molecule has 0 spiro atoms. The molecule has 0 saturated carbocycles. The van der Waals surface area contributed by atoms with Gasteiger partial charge in [-0.2, -0.15) is 4.72 Å². The number of hydrogen-bond acceptors (Lipinski definition) is 6. The topological polar surface area (TPSA) is 110 Å². The molecule has 0 fully saturated rings. The number of carboxylic acid groups (broad SMARTS) is 1. The SMILES string of the molecule is C#CCC(NS(=O)(=O)c1cc(C(=O)OC)sc1Br)C(=O)O. The van der Waals surface area contributed by atoms with E-state index in [1.165, 1.54) is 0 Å². The van der Waals surface area contributed by atoms with E-state index in [1.54, 1.807) is 0 Å². The summed E-state index contributed by atoms with van der Waals surface area (Å²) in [6.45, 7) is 0. The van der Waals surface area contributed by atoms with Gasteiger partial charge in [0, 0.05) is 6.42 Å². The molecule has 1 aromatic rings. The molecule has 0 aliphatic rings. The van der Waals surface area contributed by atoms with Crippen LogP contribution in [-0.4, -0.2) is 38.6 Å². The number of aliphatic carboxylic acids is 1. The average molecular weight is 396 g/mol. The predicted octanol–water partition coefficient (Wildman–Crippen LogP) is 1.05. The monoisotopic (exact) mass is 395 g/mol. The van der Waals surface area contributed by atoms with Crippen LogP contribution in [0, 0.1) is 12.3 Å². The molecule has 7 nitrogen and oxygen atoms in total. The van der Waals surface area contributed by atoms with Crippen molar-refractivity contribution < 1.29 is 27.9 Å². The van der Waals surface area contributed by atoms with Crippen molar-refractivity contribution in [3.05, 3.63) is 14.7 Å². The molecule has 0 saturated heterocycles. The highest BCUT2D eigenvalue weighted by Crippen LogP contribution is 2.32. The number of terminal acetylenes is 1. The highest BCUT2D eigenvalue weighted by Gasteiger charge is 2.28. The second-order valence-electron chi connectivity index (χ2n) is 3.66. The molecule has 21 heavy (non-hydrogen) atoms. The van der Waals surface area contributed by atoms with Crippen LogP contribution >= 0.6 is 27.3 Å². The van der Waals surface area contributed by atoms with Crippen LogP contribution in [0.3, 0.4) is 0 Å². The van der Waals surface area contributed by atoms with Crippen molar-refractivity contribution in [3.8, 4) is 12.3 Å². The van der Waals surface area contributed by atoms with Crippen LogP contribution in [0.5, 0.6) is 0 Å². The fourth-order valence-electron chi connectivity index (χ4n) is 1.28. The van der Waals surface area contributed by atoms with Gasteiger partial charge in [-0.3, -0.25) is 4.79 Å². The molecule has 0 aliphatic heterocycles. The lowest BCUT2D eigenvalue weighted by Crippen LogP contribution is -2.40. The first-order chi connectivity index (χ1) is 9.72. The normalized spacial score (nSPS) is 12.4. The van der Waals surface area contributed by atoms with E-state index in [0.29, 0.717) is 0 Å². The Bertz CT molecular complexity index is 703. The molecular formula is C11H10BrNO6S2. The molecule has 0 aliphatic carbocycles. The Kier molecular flexibility index (Phi) is 5.91. The van der Waals surface area contributed by atoms with E-state index in [0.717, 1.165) is 24.5 Å². The highest BCUT2D eigenvalue weighted by molar-refractivity contribution is 9.11. The second kappa shape index (κ2) is 7.04. The fourth-order valence-corrected chi connectivity index (χ4v) is 4.96. The highest BCUT2D eigenvalue weighted by atomic mass is 79.9. The minimum absolute atomic E-state index is 0.0635. The number of nitrogens with one attached hydrogen (secondary N) is 1. The summed E-state index contributed by atoms with van der Waals surface area (Å²) in [5.41, 5.74) is 0. The third kappa shape index (κ3) is 4.28. The Morgan fingerprint density at radius 3 is 2.71 bits per heavy atom. The number of methoxy groups -OCH3 is 1. The summed E-state index contributed by atoms with van der Waals surface area (Å²) in [5, 5.41) is 8.91. The van der Waals surface area contributed by atoms with Gasteiger partial charge in [0.2, 0.25) is 10.0 Å². The molecule has 1 rings (SSSR count). The number of sulfonamides is 1. The number of carbonyl (C=O) groups is 2. The maximum atomic E-state index is 12.1. The Balaban J connectivity index is 3.14. The Morgan fingerprint density at radius 1 is 1.62 bits per heavy atom. The third-order valence-corrected chi connectivity index (χ3v) is 5.95. The zero-order valence-corrected chi connectivity index (χ0v) is 13.8. The van der Waals surface area contributed by atoms with E-state index in [2.05, 4.69) is 26.6 Å². The Labute approximate surface area is 133 Å². The number of esters is 1. The van der Waals surface area contributed by atoms with Crippen LogP contribution in [0.1, 0.15) is 16.1 Å². The molecule has 1 atom stereocenters. The predicted molar refractivity (Wildman–Crippen MR) is 78.6 cm³/mol. The molecule has 0 amide bonds. The fraction of sp³-hybridized carbons (Fsp3) is 0.273. The van der Waals surface area contributed by atoms with Crippen LogP contribution in [0.25, 0.3) is 0 Å². The summed E-state index contributed by atoms with van der Waals surface area (Å²) < 4.78 is 30.9. The van der Waals surface area contributed by atoms with E-state index >= 15 is 0 Å².